The first-order valence-corrected chi connectivity index (χ1v) is 11.8. The second-order valence-electron chi connectivity index (χ2n) is 8.38. The van der Waals surface area contributed by atoms with Crippen LogP contribution in [-0.4, -0.2) is 34.5 Å². The molecule has 0 unspecified atom stereocenters. The van der Waals surface area contributed by atoms with Crippen molar-refractivity contribution in [1.82, 2.24) is 14.9 Å². The monoisotopic (exact) mass is 498 g/mol. The summed E-state index contributed by atoms with van der Waals surface area (Å²) in [6, 6.07) is 22.7. The van der Waals surface area contributed by atoms with Crippen molar-refractivity contribution in [2.75, 3.05) is 18.8 Å². The molecule has 0 radical (unpaired) electrons. The molecule has 2 aromatic carbocycles. The van der Waals surface area contributed by atoms with Gasteiger partial charge in [-0.05, 0) is 72.9 Å². The number of carbonyl (C=O) groups is 1. The third-order valence-electron chi connectivity index (χ3n) is 6.38. The van der Waals surface area contributed by atoms with Crippen LogP contribution < -0.4 is 19.7 Å². The van der Waals surface area contributed by atoms with Gasteiger partial charge in [0.2, 0.25) is 6.79 Å². The molecule has 36 heavy (non-hydrogen) atoms. The van der Waals surface area contributed by atoms with Crippen LogP contribution in [0.15, 0.2) is 85.2 Å². The van der Waals surface area contributed by atoms with Gasteiger partial charge in [0, 0.05) is 35.5 Å². The summed E-state index contributed by atoms with van der Waals surface area (Å²) in [5, 5.41) is 4.07. The van der Waals surface area contributed by atoms with Gasteiger partial charge in [-0.3, -0.25) is 4.98 Å². The maximum atomic E-state index is 11.9. The first-order chi connectivity index (χ1) is 17.6. The topological polar surface area (TPSA) is 77.9 Å². The predicted octanol–water partition coefficient (Wildman–Crippen LogP) is 4.56. The van der Waals surface area contributed by atoms with Crippen molar-refractivity contribution in [3.05, 3.63) is 102 Å². The van der Waals surface area contributed by atoms with E-state index in [-0.39, 0.29) is 24.8 Å². The Morgan fingerprint density at radius 1 is 1.03 bits per heavy atom. The van der Waals surface area contributed by atoms with E-state index in [4.69, 9.17) is 26.4 Å². The van der Waals surface area contributed by atoms with E-state index >= 15 is 0 Å². The number of hydrogen-bond acceptors (Lipinski definition) is 6. The molecule has 2 atom stereocenters. The molecule has 0 saturated carbocycles. The van der Waals surface area contributed by atoms with Crippen molar-refractivity contribution in [2.45, 2.75) is 12.1 Å². The fraction of sp³-hybridized carbons (Fsp3) is 0.148. The lowest BCUT2D eigenvalue weighted by Crippen LogP contribution is -2.30. The second kappa shape index (κ2) is 9.01. The van der Waals surface area contributed by atoms with Gasteiger partial charge in [-0.1, -0.05) is 6.07 Å². The number of hydrogen-bond donors (Lipinski definition) is 1. The van der Waals surface area contributed by atoms with Gasteiger partial charge in [-0.15, -0.1) is 0 Å². The molecular weight excluding hydrogens is 476 g/mol. The Hall–Kier alpha value is -4.37. The number of benzene rings is 2. The highest BCUT2D eigenvalue weighted by Crippen LogP contribution is 2.44. The zero-order chi connectivity index (χ0) is 24.6. The number of thiocarbonyl (C=S) groups is 1. The van der Waals surface area contributed by atoms with E-state index in [1.807, 2.05) is 60.8 Å². The molecule has 0 aliphatic carbocycles. The van der Waals surface area contributed by atoms with Crippen LogP contribution in [0.5, 0.6) is 11.5 Å². The van der Waals surface area contributed by atoms with Crippen molar-refractivity contribution in [3.63, 3.8) is 0 Å². The van der Waals surface area contributed by atoms with Gasteiger partial charge in [0.15, 0.2) is 16.6 Å². The Morgan fingerprint density at radius 2 is 1.83 bits per heavy atom. The first-order valence-electron chi connectivity index (χ1n) is 11.4. The molecule has 4 heterocycles. The van der Waals surface area contributed by atoms with Crippen LogP contribution in [0.4, 0.5) is 5.69 Å². The average molecular weight is 499 g/mol. The summed E-state index contributed by atoms with van der Waals surface area (Å²) in [4.78, 5) is 18.6. The molecule has 2 aliphatic heterocycles. The van der Waals surface area contributed by atoms with E-state index in [0.29, 0.717) is 22.2 Å². The zero-order valence-corrected chi connectivity index (χ0v) is 20.1. The van der Waals surface area contributed by atoms with E-state index in [1.165, 1.54) is 7.11 Å². The highest BCUT2D eigenvalue weighted by Gasteiger charge is 2.42. The van der Waals surface area contributed by atoms with Crippen molar-refractivity contribution in [1.29, 1.82) is 0 Å². The van der Waals surface area contributed by atoms with Crippen molar-refractivity contribution in [3.8, 4) is 17.2 Å². The molecule has 180 valence electrons. The van der Waals surface area contributed by atoms with Gasteiger partial charge in [-0.25, -0.2) is 4.79 Å². The lowest BCUT2D eigenvalue weighted by molar-refractivity contribution is 0.0600. The summed E-state index contributed by atoms with van der Waals surface area (Å²) in [5.41, 5.74) is 4.16. The fourth-order valence-electron chi connectivity index (χ4n) is 4.71. The van der Waals surface area contributed by atoms with Crippen LogP contribution >= 0.6 is 12.2 Å². The SMILES string of the molecule is COC(=O)c1ccc(-n2cccc2[C@@H]2[C@@H](c3ccccn3)NC(=S)N2c2ccc3c(c2)OCO3)cc1. The maximum absolute atomic E-state index is 11.9. The van der Waals surface area contributed by atoms with Gasteiger partial charge in [-0.2, -0.15) is 0 Å². The predicted molar refractivity (Wildman–Crippen MR) is 138 cm³/mol. The Labute approximate surface area is 213 Å². The number of nitrogens with one attached hydrogen (secondary N) is 1. The lowest BCUT2D eigenvalue weighted by atomic mass is 10.0. The number of carbonyl (C=O) groups excluding carboxylic acids is 1. The van der Waals surface area contributed by atoms with Crippen LogP contribution in [-0.2, 0) is 4.74 Å². The molecule has 4 aromatic rings. The summed E-state index contributed by atoms with van der Waals surface area (Å²) in [7, 11) is 1.37. The summed E-state index contributed by atoms with van der Waals surface area (Å²) < 4.78 is 18.1. The lowest BCUT2D eigenvalue weighted by Gasteiger charge is -2.29. The Balaban J connectivity index is 1.46. The number of rotatable bonds is 5. The molecule has 2 aliphatic rings. The van der Waals surface area contributed by atoms with Crippen LogP contribution in [0, 0.1) is 0 Å². The molecular formula is C27H22N4O4S. The van der Waals surface area contributed by atoms with E-state index in [1.54, 1.807) is 18.3 Å². The van der Waals surface area contributed by atoms with Crippen molar-refractivity contribution < 1.29 is 19.0 Å². The molecule has 9 heteroatoms. The highest BCUT2D eigenvalue weighted by molar-refractivity contribution is 7.80. The van der Waals surface area contributed by atoms with Gasteiger partial charge >= 0.3 is 5.97 Å². The standard InChI is InChI=1S/C27H22N4O4S/c1-33-26(32)17-7-9-18(10-8-17)30-14-4-6-21(30)25-24(20-5-2-3-13-28-20)29-27(36)31(25)19-11-12-22-23(15-19)35-16-34-22/h2-15,24-25H,16H2,1H3,(H,29,36)/t24-,25-/m1/s1. The van der Waals surface area contributed by atoms with Crippen molar-refractivity contribution in [2.24, 2.45) is 0 Å². The van der Waals surface area contributed by atoms with E-state index in [2.05, 4.69) is 25.8 Å². The molecule has 0 amide bonds. The van der Waals surface area contributed by atoms with Crippen molar-refractivity contribution >= 4 is 29.0 Å². The number of pyridine rings is 1. The van der Waals surface area contributed by atoms with Crippen LogP contribution in [0.1, 0.15) is 33.8 Å². The van der Waals surface area contributed by atoms with Crippen LogP contribution in [0.2, 0.25) is 0 Å². The summed E-state index contributed by atoms with van der Waals surface area (Å²) in [5.74, 6) is 1.02. The maximum Gasteiger partial charge on any atom is 0.337 e. The largest absolute Gasteiger partial charge is 0.465 e. The Morgan fingerprint density at radius 3 is 2.61 bits per heavy atom. The Bertz CT molecular complexity index is 1440. The molecule has 0 spiro atoms. The van der Waals surface area contributed by atoms with Gasteiger partial charge < -0.3 is 29.0 Å². The first kappa shape index (κ1) is 22.1. The van der Waals surface area contributed by atoms with Crippen LogP contribution in [0.3, 0.4) is 0 Å². The molecule has 8 nitrogen and oxygen atoms in total. The molecule has 1 saturated heterocycles. The molecule has 0 bridgehead atoms. The molecule has 2 aromatic heterocycles. The number of fused-ring (bicyclic) bond motifs is 1. The number of esters is 1. The van der Waals surface area contributed by atoms with Gasteiger partial charge in [0.25, 0.3) is 0 Å². The average Bonchev–Trinajstić information content (AvgIpc) is 3.66. The number of anilines is 1. The smallest absolute Gasteiger partial charge is 0.337 e. The number of methoxy groups -OCH3 is 1. The highest BCUT2D eigenvalue weighted by atomic mass is 32.1. The molecule has 1 N–H and O–H groups in total. The van der Waals surface area contributed by atoms with E-state index in [0.717, 1.165) is 22.8 Å². The van der Waals surface area contributed by atoms with Crippen LogP contribution in [0.25, 0.3) is 5.69 Å². The second-order valence-corrected chi connectivity index (χ2v) is 8.76. The van der Waals surface area contributed by atoms with Gasteiger partial charge in [0.05, 0.1) is 24.4 Å². The zero-order valence-electron chi connectivity index (χ0n) is 19.3. The van der Waals surface area contributed by atoms with Gasteiger partial charge in [0.1, 0.15) is 6.04 Å². The number of nitrogens with zero attached hydrogens (tertiary/aromatic N) is 3. The third-order valence-corrected chi connectivity index (χ3v) is 6.70. The fourth-order valence-corrected chi connectivity index (χ4v) is 5.06. The molecule has 1 fully saturated rings. The summed E-state index contributed by atoms with van der Waals surface area (Å²) in [6.07, 6.45) is 3.78. The minimum Gasteiger partial charge on any atom is -0.465 e. The normalized spacial score (nSPS) is 18.2. The Kier molecular flexibility index (Phi) is 5.54. The van der Waals surface area contributed by atoms with E-state index < -0.39 is 0 Å². The number of aromatic nitrogens is 2. The summed E-state index contributed by atoms with van der Waals surface area (Å²) in [6.45, 7) is 0.200. The number of ether oxygens (including phenoxy) is 3. The third kappa shape index (κ3) is 3.74. The summed E-state index contributed by atoms with van der Waals surface area (Å²) >= 11 is 5.85. The molecule has 6 rings (SSSR count). The van der Waals surface area contributed by atoms with E-state index in [9.17, 15) is 4.79 Å². The quantitative estimate of drug-likeness (QED) is 0.317. The minimum absolute atomic E-state index is 0.200. The minimum atomic E-state index is -0.371.